The second-order valence-electron chi connectivity index (χ2n) is 4.93. The zero-order valence-electron chi connectivity index (χ0n) is 11.0. The molecule has 1 aliphatic rings. The highest BCUT2D eigenvalue weighted by Gasteiger charge is 2.18. The molecule has 0 aliphatic carbocycles. The Hall–Kier alpha value is -1.39. The summed E-state index contributed by atoms with van der Waals surface area (Å²) in [5.41, 5.74) is 2.22. The summed E-state index contributed by atoms with van der Waals surface area (Å²) in [4.78, 5) is 14.3. The van der Waals surface area contributed by atoms with Gasteiger partial charge in [-0.2, -0.15) is 0 Å². The van der Waals surface area contributed by atoms with E-state index in [2.05, 4.69) is 10.2 Å². The van der Waals surface area contributed by atoms with Crippen LogP contribution in [0.2, 0.25) is 0 Å². The van der Waals surface area contributed by atoms with Crippen LogP contribution in [0.4, 0.5) is 0 Å². The van der Waals surface area contributed by atoms with Gasteiger partial charge in [0, 0.05) is 26.2 Å². The third-order valence-corrected chi connectivity index (χ3v) is 3.32. The zero-order chi connectivity index (χ0) is 13.1. The van der Waals surface area contributed by atoms with Crippen LogP contribution in [0.25, 0.3) is 0 Å². The number of phenols is 1. The Kier molecular flexibility index (Phi) is 3.99. The van der Waals surface area contributed by atoms with Crippen LogP contribution in [-0.4, -0.2) is 48.5 Å². The van der Waals surface area contributed by atoms with E-state index < -0.39 is 0 Å². The van der Waals surface area contributed by atoms with Gasteiger partial charge in [0.15, 0.2) is 5.78 Å². The molecule has 2 N–H and O–H groups in total. The summed E-state index contributed by atoms with van der Waals surface area (Å²) in [5.74, 6) is 0.127. The number of aryl methyl sites for hydroxylation is 2. The highest BCUT2D eigenvalue weighted by atomic mass is 16.3. The predicted octanol–water partition coefficient (Wildman–Crippen LogP) is 1.10. The van der Waals surface area contributed by atoms with Crippen molar-refractivity contribution >= 4 is 5.78 Å². The van der Waals surface area contributed by atoms with Crippen LogP contribution in [0.3, 0.4) is 0 Å². The second kappa shape index (κ2) is 5.50. The Morgan fingerprint density at radius 1 is 1.33 bits per heavy atom. The quantitative estimate of drug-likeness (QED) is 0.786. The SMILES string of the molecule is Cc1cc(C)c(O)c(C(=O)CN2CCNCC2)c1. The molecule has 1 aromatic rings. The maximum atomic E-state index is 12.2. The standard InChI is InChI=1S/C14H20N2O2/c1-10-7-11(2)14(18)12(8-10)13(17)9-16-5-3-15-4-6-16/h7-8,15,18H,3-6,9H2,1-2H3. The van der Waals surface area contributed by atoms with Crippen LogP contribution >= 0.6 is 0 Å². The summed E-state index contributed by atoms with van der Waals surface area (Å²) in [5, 5.41) is 13.2. The highest BCUT2D eigenvalue weighted by Crippen LogP contribution is 2.24. The molecule has 0 amide bonds. The second-order valence-corrected chi connectivity index (χ2v) is 4.93. The minimum Gasteiger partial charge on any atom is -0.507 e. The number of ketones is 1. The predicted molar refractivity (Wildman–Crippen MR) is 71.2 cm³/mol. The smallest absolute Gasteiger partial charge is 0.180 e. The van der Waals surface area contributed by atoms with Crippen molar-refractivity contribution < 1.29 is 9.90 Å². The van der Waals surface area contributed by atoms with Gasteiger partial charge in [0.25, 0.3) is 0 Å². The first-order chi connectivity index (χ1) is 8.58. The number of phenolic OH excluding ortho intramolecular Hbond substituents is 1. The average Bonchev–Trinajstić information content (AvgIpc) is 2.35. The minimum absolute atomic E-state index is 0.00111. The van der Waals surface area contributed by atoms with E-state index >= 15 is 0 Å². The van der Waals surface area contributed by atoms with Crippen molar-refractivity contribution in [2.75, 3.05) is 32.7 Å². The number of nitrogens with zero attached hydrogens (tertiary/aromatic N) is 1. The number of carbonyl (C=O) groups is 1. The van der Waals surface area contributed by atoms with Gasteiger partial charge >= 0.3 is 0 Å². The Morgan fingerprint density at radius 3 is 2.67 bits per heavy atom. The number of piperazine rings is 1. The van der Waals surface area contributed by atoms with Gasteiger partial charge in [0.2, 0.25) is 0 Å². The van der Waals surface area contributed by atoms with Crippen molar-refractivity contribution in [3.05, 3.63) is 28.8 Å². The summed E-state index contributed by atoms with van der Waals surface area (Å²) in [7, 11) is 0. The Morgan fingerprint density at radius 2 is 2.00 bits per heavy atom. The van der Waals surface area contributed by atoms with E-state index in [-0.39, 0.29) is 11.5 Å². The molecule has 0 unspecified atom stereocenters. The first-order valence-corrected chi connectivity index (χ1v) is 6.34. The fourth-order valence-corrected chi connectivity index (χ4v) is 2.33. The third kappa shape index (κ3) is 2.89. The van der Waals surface area contributed by atoms with Gasteiger partial charge in [-0.3, -0.25) is 9.69 Å². The molecule has 0 saturated carbocycles. The van der Waals surface area contributed by atoms with E-state index in [0.717, 1.165) is 37.3 Å². The summed E-state index contributed by atoms with van der Waals surface area (Å²) < 4.78 is 0. The molecule has 1 saturated heterocycles. The van der Waals surface area contributed by atoms with Gasteiger partial charge in [-0.25, -0.2) is 0 Å². The maximum Gasteiger partial charge on any atom is 0.180 e. The normalized spacial score (nSPS) is 16.8. The van der Waals surface area contributed by atoms with E-state index in [9.17, 15) is 9.90 Å². The van der Waals surface area contributed by atoms with Crippen LogP contribution in [0.15, 0.2) is 12.1 Å². The van der Waals surface area contributed by atoms with Crippen LogP contribution in [0.5, 0.6) is 5.75 Å². The minimum atomic E-state index is 0.00111. The van der Waals surface area contributed by atoms with Gasteiger partial charge in [-0.15, -0.1) is 0 Å². The van der Waals surface area contributed by atoms with E-state index in [1.807, 2.05) is 19.9 Å². The lowest BCUT2D eigenvalue weighted by Gasteiger charge is -2.26. The van der Waals surface area contributed by atoms with Crippen LogP contribution in [0.1, 0.15) is 21.5 Å². The van der Waals surface area contributed by atoms with Gasteiger partial charge in [-0.05, 0) is 31.0 Å². The molecule has 1 heterocycles. The summed E-state index contributed by atoms with van der Waals surface area (Å²) >= 11 is 0. The molecular weight excluding hydrogens is 228 g/mol. The molecule has 0 atom stereocenters. The fourth-order valence-electron chi connectivity index (χ4n) is 2.33. The fraction of sp³-hybridized carbons (Fsp3) is 0.500. The molecule has 1 fully saturated rings. The Bertz CT molecular complexity index is 451. The number of hydrogen-bond donors (Lipinski definition) is 2. The van der Waals surface area contributed by atoms with Gasteiger partial charge in [-0.1, -0.05) is 6.07 Å². The average molecular weight is 248 g/mol. The monoisotopic (exact) mass is 248 g/mol. The highest BCUT2D eigenvalue weighted by molar-refractivity contribution is 6.00. The number of Topliss-reactive ketones (excluding diaryl/α,β-unsaturated/α-hetero) is 1. The topological polar surface area (TPSA) is 52.6 Å². The first-order valence-electron chi connectivity index (χ1n) is 6.34. The van der Waals surface area contributed by atoms with E-state index in [1.165, 1.54) is 0 Å². The molecule has 4 nitrogen and oxygen atoms in total. The molecule has 98 valence electrons. The molecule has 2 rings (SSSR count). The van der Waals surface area contributed by atoms with Gasteiger partial charge < -0.3 is 10.4 Å². The molecule has 0 bridgehead atoms. The number of benzene rings is 1. The number of nitrogens with one attached hydrogen (secondary N) is 1. The van der Waals surface area contributed by atoms with Crippen molar-refractivity contribution in [2.24, 2.45) is 0 Å². The van der Waals surface area contributed by atoms with Crippen molar-refractivity contribution in [3.63, 3.8) is 0 Å². The molecule has 0 spiro atoms. The summed E-state index contributed by atoms with van der Waals surface area (Å²) in [6, 6.07) is 3.66. The van der Waals surface area contributed by atoms with Crippen molar-refractivity contribution in [3.8, 4) is 5.75 Å². The van der Waals surface area contributed by atoms with Crippen LogP contribution in [0, 0.1) is 13.8 Å². The Balaban J connectivity index is 2.13. The number of carbonyl (C=O) groups excluding carboxylic acids is 1. The molecule has 0 radical (unpaired) electrons. The van der Waals surface area contributed by atoms with E-state index in [0.29, 0.717) is 12.1 Å². The lowest BCUT2D eigenvalue weighted by Crippen LogP contribution is -2.45. The molecule has 0 aromatic heterocycles. The first kappa shape index (κ1) is 13.1. The molecule has 18 heavy (non-hydrogen) atoms. The van der Waals surface area contributed by atoms with Gasteiger partial charge in [0.05, 0.1) is 12.1 Å². The maximum absolute atomic E-state index is 12.2. The molecule has 1 aromatic carbocycles. The lowest BCUT2D eigenvalue weighted by atomic mass is 10.0. The molecular formula is C14H20N2O2. The van der Waals surface area contributed by atoms with E-state index in [1.54, 1.807) is 6.07 Å². The van der Waals surface area contributed by atoms with Crippen molar-refractivity contribution in [1.29, 1.82) is 0 Å². The number of aromatic hydroxyl groups is 1. The summed E-state index contributed by atoms with van der Waals surface area (Å²) in [6.07, 6.45) is 0. The molecule has 4 heteroatoms. The van der Waals surface area contributed by atoms with Crippen molar-refractivity contribution in [2.45, 2.75) is 13.8 Å². The van der Waals surface area contributed by atoms with Crippen LogP contribution in [-0.2, 0) is 0 Å². The van der Waals surface area contributed by atoms with Crippen LogP contribution < -0.4 is 5.32 Å². The summed E-state index contributed by atoms with van der Waals surface area (Å²) in [6.45, 7) is 7.77. The number of hydrogen-bond acceptors (Lipinski definition) is 4. The Labute approximate surface area is 108 Å². The van der Waals surface area contributed by atoms with Gasteiger partial charge in [0.1, 0.15) is 5.75 Å². The van der Waals surface area contributed by atoms with E-state index in [4.69, 9.17) is 0 Å². The molecule has 1 aliphatic heterocycles. The zero-order valence-corrected chi connectivity index (χ0v) is 11.0. The third-order valence-electron chi connectivity index (χ3n) is 3.32. The van der Waals surface area contributed by atoms with Crippen molar-refractivity contribution in [1.82, 2.24) is 10.2 Å². The largest absolute Gasteiger partial charge is 0.507 e. The number of rotatable bonds is 3. The lowest BCUT2D eigenvalue weighted by molar-refractivity contribution is 0.0918.